The summed E-state index contributed by atoms with van der Waals surface area (Å²) in [6.07, 6.45) is 1.17. The van der Waals surface area contributed by atoms with Crippen molar-refractivity contribution in [3.05, 3.63) is 89.6 Å². The van der Waals surface area contributed by atoms with Crippen LogP contribution in [0, 0.1) is 6.92 Å². The quantitative estimate of drug-likeness (QED) is 0.353. The van der Waals surface area contributed by atoms with Gasteiger partial charge in [-0.1, -0.05) is 71.9 Å². The molecule has 1 amide bonds. The third-order valence-corrected chi connectivity index (χ3v) is 6.04. The standard InChI is InChI=1S/C28H26N2O4/c1-18-26(29-28(31)33-19(2)20-7-4-3-5-8-20)27(34-30-18)23-13-10-21(11-14-23)24-15-12-22-9-6-16-32-25(22)17-24/h3-5,7-8,10-15,17,19H,6,9,16H2,1-2H3,(H,29,31). The molecule has 0 saturated carbocycles. The summed E-state index contributed by atoms with van der Waals surface area (Å²) in [6.45, 7) is 4.38. The molecule has 0 fully saturated rings. The molecule has 0 saturated heterocycles. The highest BCUT2D eigenvalue weighted by atomic mass is 16.6. The Morgan fingerprint density at radius 2 is 1.74 bits per heavy atom. The van der Waals surface area contributed by atoms with Gasteiger partial charge in [-0.2, -0.15) is 0 Å². The molecule has 2 heterocycles. The summed E-state index contributed by atoms with van der Waals surface area (Å²) in [7, 11) is 0. The molecule has 1 unspecified atom stereocenters. The van der Waals surface area contributed by atoms with Gasteiger partial charge in [0.05, 0.1) is 6.61 Å². The Hall–Kier alpha value is -4.06. The summed E-state index contributed by atoms with van der Waals surface area (Å²) in [5.41, 5.74) is 6.23. The minimum Gasteiger partial charge on any atom is -0.493 e. The Bertz CT molecular complexity index is 1300. The van der Waals surface area contributed by atoms with E-state index in [1.165, 1.54) is 5.56 Å². The van der Waals surface area contributed by atoms with Gasteiger partial charge < -0.3 is 14.0 Å². The highest BCUT2D eigenvalue weighted by Crippen LogP contribution is 2.34. The average Bonchev–Trinajstić information content (AvgIpc) is 3.24. The van der Waals surface area contributed by atoms with E-state index in [1.807, 2.05) is 61.5 Å². The lowest BCUT2D eigenvalue weighted by Gasteiger charge is -2.18. The lowest BCUT2D eigenvalue weighted by Crippen LogP contribution is -2.16. The molecule has 0 radical (unpaired) electrons. The van der Waals surface area contributed by atoms with Crippen LogP contribution >= 0.6 is 0 Å². The predicted molar refractivity (Wildman–Crippen MR) is 131 cm³/mol. The topological polar surface area (TPSA) is 73.6 Å². The van der Waals surface area contributed by atoms with Crippen molar-refractivity contribution in [2.24, 2.45) is 0 Å². The fraction of sp³-hybridized carbons (Fsp3) is 0.214. The van der Waals surface area contributed by atoms with E-state index in [-0.39, 0.29) is 6.10 Å². The molecule has 1 aliphatic heterocycles. The average molecular weight is 455 g/mol. The van der Waals surface area contributed by atoms with E-state index in [0.717, 1.165) is 47.5 Å². The van der Waals surface area contributed by atoms with E-state index >= 15 is 0 Å². The number of carbonyl (C=O) groups is 1. The number of fused-ring (bicyclic) bond motifs is 1. The number of carbonyl (C=O) groups excluding carboxylic acids is 1. The number of hydrogen-bond donors (Lipinski definition) is 1. The van der Waals surface area contributed by atoms with Crippen LogP contribution in [-0.2, 0) is 11.2 Å². The van der Waals surface area contributed by atoms with Crippen LogP contribution in [0.2, 0.25) is 0 Å². The van der Waals surface area contributed by atoms with Crippen molar-refractivity contribution in [2.75, 3.05) is 11.9 Å². The number of anilines is 1. The molecule has 0 aliphatic carbocycles. The zero-order valence-electron chi connectivity index (χ0n) is 19.2. The minimum absolute atomic E-state index is 0.385. The number of nitrogens with one attached hydrogen (secondary N) is 1. The lowest BCUT2D eigenvalue weighted by atomic mass is 9.98. The van der Waals surface area contributed by atoms with Crippen LogP contribution in [-0.4, -0.2) is 17.9 Å². The van der Waals surface area contributed by atoms with E-state index in [4.69, 9.17) is 14.0 Å². The second-order valence-corrected chi connectivity index (χ2v) is 8.41. The summed E-state index contributed by atoms with van der Waals surface area (Å²) >= 11 is 0. The number of benzene rings is 3. The zero-order chi connectivity index (χ0) is 23.5. The molecule has 1 aromatic heterocycles. The van der Waals surface area contributed by atoms with Crippen molar-refractivity contribution in [3.63, 3.8) is 0 Å². The van der Waals surface area contributed by atoms with Gasteiger partial charge >= 0.3 is 6.09 Å². The molecule has 4 aromatic rings. The fourth-order valence-electron chi connectivity index (χ4n) is 4.13. The number of rotatable bonds is 5. The van der Waals surface area contributed by atoms with Crippen LogP contribution in [0.5, 0.6) is 5.75 Å². The van der Waals surface area contributed by atoms with E-state index in [0.29, 0.717) is 17.1 Å². The van der Waals surface area contributed by atoms with Crippen LogP contribution in [0.15, 0.2) is 77.3 Å². The van der Waals surface area contributed by atoms with Gasteiger partial charge in [-0.15, -0.1) is 0 Å². The maximum absolute atomic E-state index is 12.6. The van der Waals surface area contributed by atoms with Gasteiger partial charge in [-0.3, -0.25) is 5.32 Å². The van der Waals surface area contributed by atoms with E-state index in [2.05, 4.69) is 28.7 Å². The molecule has 0 bridgehead atoms. The maximum Gasteiger partial charge on any atom is 0.412 e. The van der Waals surface area contributed by atoms with Gasteiger partial charge in [0.15, 0.2) is 5.76 Å². The van der Waals surface area contributed by atoms with Gasteiger partial charge in [0.2, 0.25) is 0 Å². The normalized spacial score (nSPS) is 13.5. The highest BCUT2D eigenvalue weighted by molar-refractivity contribution is 5.91. The molecule has 172 valence electrons. The number of aromatic nitrogens is 1. The fourth-order valence-corrected chi connectivity index (χ4v) is 4.13. The van der Waals surface area contributed by atoms with Gasteiger partial charge in [-0.25, -0.2) is 4.79 Å². The Labute approximate surface area is 198 Å². The molecule has 6 heteroatoms. The Balaban J connectivity index is 1.33. The van der Waals surface area contributed by atoms with Gasteiger partial charge in [-0.05, 0) is 55.0 Å². The van der Waals surface area contributed by atoms with E-state index in [1.54, 1.807) is 6.92 Å². The molecule has 0 spiro atoms. The first-order chi connectivity index (χ1) is 16.6. The van der Waals surface area contributed by atoms with Gasteiger partial charge in [0.25, 0.3) is 0 Å². The Morgan fingerprint density at radius 3 is 2.53 bits per heavy atom. The first-order valence-corrected chi connectivity index (χ1v) is 11.4. The summed E-state index contributed by atoms with van der Waals surface area (Å²) in [5.74, 6) is 1.45. The smallest absolute Gasteiger partial charge is 0.412 e. The first kappa shape index (κ1) is 21.8. The number of nitrogens with zero attached hydrogens (tertiary/aromatic N) is 1. The third kappa shape index (κ3) is 4.53. The van der Waals surface area contributed by atoms with Crippen LogP contribution < -0.4 is 10.1 Å². The summed E-state index contributed by atoms with van der Waals surface area (Å²) in [5, 5.41) is 6.85. The van der Waals surface area contributed by atoms with Crippen molar-refractivity contribution >= 4 is 11.8 Å². The maximum atomic E-state index is 12.6. The SMILES string of the molecule is Cc1noc(-c2ccc(-c3ccc4c(c3)OCCC4)cc2)c1NC(=O)OC(C)c1ccccc1. The van der Waals surface area contributed by atoms with Crippen LogP contribution in [0.25, 0.3) is 22.5 Å². The lowest BCUT2D eigenvalue weighted by molar-refractivity contribution is 0.121. The summed E-state index contributed by atoms with van der Waals surface area (Å²) < 4.78 is 16.9. The molecule has 6 nitrogen and oxygen atoms in total. The monoisotopic (exact) mass is 454 g/mol. The predicted octanol–water partition coefficient (Wildman–Crippen LogP) is 6.95. The molecule has 3 aromatic carbocycles. The van der Waals surface area contributed by atoms with E-state index < -0.39 is 6.09 Å². The number of ether oxygens (including phenoxy) is 2. The molecule has 5 rings (SSSR count). The van der Waals surface area contributed by atoms with Crippen LogP contribution in [0.3, 0.4) is 0 Å². The largest absolute Gasteiger partial charge is 0.493 e. The van der Waals surface area contributed by atoms with Gasteiger partial charge in [0, 0.05) is 5.56 Å². The zero-order valence-corrected chi connectivity index (χ0v) is 19.2. The second-order valence-electron chi connectivity index (χ2n) is 8.41. The number of hydrogen-bond acceptors (Lipinski definition) is 5. The van der Waals surface area contributed by atoms with Crippen LogP contribution in [0.4, 0.5) is 10.5 Å². The minimum atomic E-state index is -0.561. The summed E-state index contributed by atoms with van der Waals surface area (Å²) in [4.78, 5) is 12.6. The van der Waals surface area contributed by atoms with Crippen molar-refractivity contribution < 1.29 is 18.8 Å². The molecular formula is C28H26N2O4. The van der Waals surface area contributed by atoms with Crippen molar-refractivity contribution in [3.8, 4) is 28.2 Å². The van der Waals surface area contributed by atoms with Crippen molar-refractivity contribution in [1.82, 2.24) is 5.16 Å². The van der Waals surface area contributed by atoms with Crippen LogP contribution in [0.1, 0.15) is 36.3 Å². The number of amides is 1. The first-order valence-electron chi connectivity index (χ1n) is 11.4. The Kier molecular flexibility index (Phi) is 6.04. The molecule has 1 atom stereocenters. The number of aryl methyl sites for hydroxylation is 2. The Morgan fingerprint density at radius 1 is 1.00 bits per heavy atom. The summed E-state index contributed by atoms with van der Waals surface area (Å²) in [6, 6.07) is 23.9. The van der Waals surface area contributed by atoms with E-state index in [9.17, 15) is 4.79 Å². The molecule has 1 aliphatic rings. The molecular weight excluding hydrogens is 428 g/mol. The third-order valence-electron chi connectivity index (χ3n) is 6.04. The molecule has 1 N–H and O–H groups in total. The molecule has 34 heavy (non-hydrogen) atoms. The van der Waals surface area contributed by atoms with Crippen molar-refractivity contribution in [2.45, 2.75) is 32.8 Å². The second kappa shape index (κ2) is 9.43. The van der Waals surface area contributed by atoms with Gasteiger partial charge in [0.1, 0.15) is 23.2 Å². The highest BCUT2D eigenvalue weighted by Gasteiger charge is 2.20. The van der Waals surface area contributed by atoms with Crippen molar-refractivity contribution in [1.29, 1.82) is 0 Å².